The number of carbonyl (C=O) groups excluding carboxylic acids is 1. The van der Waals surface area contributed by atoms with Crippen LogP contribution in [0.1, 0.15) is 40.2 Å². The Morgan fingerprint density at radius 3 is 3.00 bits per heavy atom. The van der Waals surface area contributed by atoms with E-state index >= 15 is 0 Å². The molecule has 1 fully saturated rings. The highest BCUT2D eigenvalue weighted by Gasteiger charge is 2.30. The number of amides is 1. The van der Waals surface area contributed by atoms with Gasteiger partial charge in [-0.3, -0.25) is 4.79 Å². The molecule has 1 saturated heterocycles. The van der Waals surface area contributed by atoms with Crippen LogP contribution in [-0.4, -0.2) is 35.5 Å². The maximum atomic E-state index is 12.4. The number of furan rings is 1. The molecular weight excluding hydrogens is 308 g/mol. The highest BCUT2D eigenvalue weighted by molar-refractivity contribution is 6.29. The van der Waals surface area contributed by atoms with E-state index in [1.165, 1.54) is 0 Å². The quantitative estimate of drug-likeness (QED) is 0.850. The maximum absolute atomic E-state index is 12.4. The van der Waals surface area contributed by atoms with Crippen LogP contribution in [0.15, 0.2) is 21.0 Å². The molecule has 2 aromatic heterocycles. The predicted octanol–water partition coefficient (Wildman–Crippen LogP) is 2.62. The Bertz CT molecular complexity index is 702. The number of nitrogens with zero attached hydrogens (tertiary/aromatic N) is 2. The monoisotopic (exact) mass is 322 g/mol. The molecule has 0 bridgehead atoms. The van der Waals surface area contributed by atoms with Crippen LogP contribution >= 0.6 is 11.6 Å². The van der Waals surface area contributed by atoms with Gasteiger partial charge in [-0.05, 0) is 30.2 Å². The number of rotatable bonds is 2. The Morgan fingerprint density at radius 1 is 1.36 bits per heavy atom. The van der Waals surface area contributed by atoms with E-state index in [1.54, 1.807) is 17.0 Å². The lowest BCUT2D eigenvalue weighted by molar-refractivity contribution is 0.0695. The van der Waals surface area contributed by atoms with E-state index in [9.17, 15) is 4.79 Å². The average molecular weight is 323 g/mol. The van der Waals surface area contributed by atoms with Gasteiger partial charge in [0, 0.05) is 19.6 Å². The topological polar surface area (TPSA) is 68.7 Å². The Hall–Kier alpha value is -1.79. The number of fused-ring (bicyclic) bond motifs is 1. The van der Waals surface area contributed by atoms with Crippen molar-refractivity contribution in [2.45, 2.75) is 25.3 Å². The van der Waals surface area contributed by atoms with E-state index in [1.807, 2.05) is 0 Å². The summed E-state index contributed by atoms with van der Waals surface area (Å²) in [4.78, 5) is 18.7. The molecule has 22 heavy (non-hydrogen) atoms. The molecule has 1 amide bonds. The van der Waals surface area contributed by atoms with Crippen molar-refractivity contribution in [1.82, 2.24) is 9.88 Å². The van der Waals surface area contributed by atoms with Crippen LogP contribution in [0, 0.1) is 0 Å². The van der Waals surface area contributed by atoms with E-state index in [0.717, 1.165) is 30.4 Å². The fourth-order valence-corrected chi connectivity index (χ4v) is 3.03. The van der Waals surface area contributed by atoms with Gasteiger partial charge in [0.25, 0.3) is 5.91 Å². The lowest BCUT2D eigenvalue weighted by Gasteiger charge is -2.24. The zero-order valence-corrected chi connectivity index (χ0v) is 12.6. The largest absolute Gasteiger partial charge is 0.445 e. The molecule has 0 spiro atoms. The second-order valence-corrected chi connectivity index (χ2v) is 5.94. The number of halogens is 1. The average Bonchev–Trinajstić information content (AvgIpc) is 3.25. The summed E-state index contributed by atoms with van der Waals surface area (Å²) in [7, 11) is 0. The first-order valence-corrected chi connectivity index (χ1v) is 7.69. The summed E-state index contributed by atoms with van der Waals surface area (Å²) in [6.07, 6.45) is 1.60. The van der Waals surface area contributed by atoms with Gasteiger partial charge in [-0.1, -0.05) is 0 Å². The highest BCUT2D eigenvalue weighted by Crippen LogP contribution is 2.29. The van der Waals surface area contributed by atoms with Gasteiger partial charge in [-0.15, -0.1) is 0 Å². The Kier molecular flexibility index (Phi) is 3.43. The summed E-state index contributed by atoms with van der Waals surface area (Å²) >= 11 is 5.72. The van der Waals surface area contributed by atoms with Gasteiger partial charge in [-0.25, -0.2) is 4.98 Å². The van der Waals surface area contributed by atoms with Crippen molar-refractivity contribution in [1.29, 1.82) is 0 Å². The van der Waals surface area contributed by atoms with Crippen LogP contribution in [0.5, 0.6) is 0 Å². The smallest absolute Gasteiger partial charge is 0.289 e. The van der Waals surface area contributed by atoms with E-state index in [0.29, 0.717) is 26.1 Å². The summed E-state index contributed by atoms with van der Waals surface area (Å²) in [6, 6.07) is 3.16. The molecule has 0 saturated carbocycles. The van der Waals surface area contributed by atoms with Crippen molar-refractivity contribution >= 4 is 17.5 Å². The number of hydrogen-bond acceptors (Lipinski definition) is 5. The van der Waals surface area contributed by atoms with Gasteiger partial charge in [-0.2, -0.15) is 0 Å². The number of hydrogen-bond donors (Lipinski definition) is 0. The third kappa shape index (κ3) is 2.42. The lowest BCUT2D eigenvalue weighted by atomic mass is 10.1. The van der Waals surface area contributed by atoms with E-state index < -0.39 is 0 Å². The molecule has 6 nitrogen and oxygen atoms in total. The third-order valence-corrected chi connectivity index (χ3v) is 4.30. The fraction of sp³-hybridized carbons (Fsp3) is 0.467. The molecule has 4 heterocycles. The normalized spacial score (nSPS) is 21.1. The first-order chi connectivity index (χ1) is 10.7. The first kappa shape index (κ1) is 13.8. The molecule has 0 N–H and O–H groups in total. The standard InChI is InChI=1S/C15H15ClN2O4/c16-13-2-1-12(21-13)15(19)18-5-3-11-10(7-18)17-14(22-11)9-4-6-20-8-9/h1-2,9H,3-8H2. The molecule has 1 atom stereocenters. The zero-order valence-electron chi connectivity index (χ0n) is 11.9. The van der Waals surface area contributed by atoms with Gasteiger partial charge >= 0.3 is 0 Å². The number of oxazole rings is 1. The molecular formula is C15H15ClN2O4. The SMILES string of the molecule is O=C(c1ccc(Cl)o1)N1CCc2oc(C3CCOC3)nc2C1. The maximum Gasteiger partial charge on any atom is 0.289 e. The van der Waals surface area contributed by atoms with Gasteiger partial charge in [0.1, 0.15) is 11.5 Å². The molecule has 2 aliphatic rings. The molecule has 7 heteroatoms. The molecule has 116 valence electrons. The van der Waals surface area contributed by atoms with Crippen molar-refractivity contribution in [3.63, 3.8) is 0 Å². The summed E-state index contributed by atoms with van der Waals surface area (Å²) in [5.41, 5.74) is 0.833. The van der Waals surface area contributed by atoms with Crippen molar-refractivity contribution in [2.75, 3.05) is 19.8 Å². The van der Waals surface area contributed by atoms with Gasteiger partial charge in [0.05, 0.1) is 19.1 Å². The van der Waals surface area contributed by atoms with Gasteiger partial charge in [0.2, 0.25) is 0 Å². The molecule has 0 radical (unpaired) electrons. The minimum atomic E-state index is -0.175. The van der Waals surface area contributed by atoms with Gasteiger partial charge < -0.3 is 18.5 Å². The molecule has 2 aromatic rings. The van der Waals surface area contributed by atoms with Crippen LogP contribution in [0.4, 0.5) is 0 Å². The summed E-state index contributed by atoms with van der Waals surface area (Å²) in [6.45, 7) is 2.43. The molecule has 0 aromatic carbocycles. The van der Waals surface area contributed by atoms with Crippen LogP contribution in [-0.2, 0) is 17.7 Å². The van der Waals surface area contributed by atoms with E-state index in [4.69, 9.17) is 25.2 Å². The van der Waals surface area contributed by atoms with E-state index in [2.05, 4.69) is 4.98 Å². The molecule has 2 aliphatic heterocycles. The number of carbonyl (C=O) groups is 1. The second-order valence-electron chi connectivity index (χ2n) is 5.56. The second kappa shape index (κ2) is 5.44. The van der Waals surface area contributed by atoms with E-state index in [-0.39, 0.29) is 22.8 Å². The first-order valence-electron chi connectivity index (χ1n) is 7.31. The molecule has 1 unspecified atom stereocenters. The van der Waals surface area contributed by atoms with Crippen LogP contribution in [0.2, 0.25) is 5.22 Å². The Labute approximate surface area is 132 Å². The van der Waals surface area contributed by atoms with Crippen LogP contribution in [0.3, 0.4) is 0 Å². The lowest BCUT2D eigenvalue weighted by Crippen LogP contribution is -2.35. The highest BCUT2D eigenvalue weighted by atomic mass is 35.5. The minimum absolute atomic E-state index is 0.175. The predicted molar refractivity (Wildman–Crippen MR) is 76.8 cm³/mol. The molecule has 0 aliphatic carbocycles. The number of ether oxygens (including phenoxy) is 1. The van der Waals surface area contributed by atoms with Crippen molar-refractivity contribution in [3.8, 4) is 0 Å². The fourth-order valence-electron chi connectivity index (χ4n) is 2.88. The number of aromatic nitrogens is 1. The third-order valence-electron chi connectivity index (χ3n) is 4.09. The van der Waals surface area contributed by atoms with Crippen LogP contribution in [0.25, 0.3) is 0 Å². The van der Waals surface area contributed by atoms with Crippen LogP contribution < -0.4 is 0 Å². The molecule has 4 rings (SSSR count). The minimum Gasteiger partial charge on any atom is -0.445 e. The van der Waals surface area contributed by atoms with Gasteiger partial charge in [0.15, 0.2) is 16.9 Å². The summed E-state index contributed by atoms with van der Waals surface area (Å²) in [5.74, 6) is 1.92. The Balaban J connectivity index is 1.52. The Morgan fingerprint density at radius 2 is 2.27 bits per heavy atom. The van der Waals surface area contributed by atoms with Crippen molar-refractivity contribution in [3.05, 3.63) is 40.5 Å². The summed E-state index contributed by atoms with van der Waals surface area (Å²) < 4.78 is 16.4. The zero-order chi connectivity index (χ0) is 15.1. The van der Waals surface area contributed by atoms with Crippen molar-refractivity contribution in [2.24, 2.45) is 0 Å². The van der Waals surface area contributed by atoms with Crippen molar-refractivity contribution < 1.29 is 18.4 Å². The summed E-state index contributed by atoms with van der Waals surface area (Å²) in [5, 5.41) is 0.214.